The number of rotatable bonds is 2. The first-order valence-electron chi connectivity index (χ1n) is 7.14. The van der Waals surface area contributed by atoms with Gasteiger partial charge in [0.15, 0.2) is 5.82 Å². The van der Waals surface area contributed by atoms with Crippen molar-refractivity contribution in [1.82, 2.24) is 14.6 Å². The molecule has 2 aromatic heterocycles. The van der Waals surface area contributed by atoms with Crippen LogP contribution >= 0.6 is 34.5 Å². The van der Waals surface area contributed by atoms with E-state index in [1.807, 2.05) is 0 Å². The van der Waals surface area contributed by atoms with Crippen LogP contribution in [0.15, 0.2) is 47.3 Å². The van der Waals surface area contributed by atoms with Crippen LogP contribution in [0.2, 0.25) is 10.0 Å². The maximum Gasteiger partial charge on any atom is 0.276 e. The standard InChI is InChI=1S/C17H8Cl2FN3OS/c18-10-4-1-3-9(7-10)15-21-22-17-23(15)16(24)14(25-17)8-11-12(19)5-2-6-13(11)20/h1-8H. The molecule has 124 valence electrons. The SMILES string of the molecule is O=c1c(=Cc2c(F)cccc2Cl)sc2nnc(-c3cccc(Cl)c3)n12. The summed E-state index contributed by atoms with van der Waals surface area (Å²) in [6, 6.07) is 11.4. The molecule has 0 aliphatic rings. The summed E-state index contributed by atoms with van der Waals surface area (Å²) in [5.74, 6) is -0.107. The topological polar surface area (TPSA) is 47.3 Å². The lowest BCUT2D eigenvalue weighted by Gasteiger charge is -1.98. The predicted octanol–water partition coefficient (Wildman–Crippen LogP) is 3.81. The third-order valence-corrected chi connectivity index (χ3v) is 5.13. The molecule has 25 heavy (non-hydrogen) atoms. The molecule has 0 N–H and O–H groups in total. The van der Waals surface area contributed by atoms with Crippen molar-refractivity contribution in [3.05, 3.63) is 78.8 Å². The van der Waals surface area contributed by atoms with Crippen LogP contribution in [-0.4, -0.2) is 14.6 Å². The Bertz CT molecular complexity index is 1200. The third kappa shape index (κ3) is 2.82. The Morgan fingerprint density at radius 3 is 2.68 bits per heavy atom. The first-order valence-corrected chi connectivity index (χ1v) is 8.71. The molecule has 0 saturated carbocycles. The fourth-order valence-electron chi connectivity index (χ4n) is 2.46. The van der Waals surface area contributed by atoms with E-state index in [0.29, 0.717) is 25.9 Å². The fraction of sp³-hybridized carbons (Fsp3) is 0. The smallest absolute Gasteiger partial charge is 0.267 e. The average Bonchev–Trinajstić information content (AvgIpc) is 3.12. The minimum atomic E-state index is -0.494. The Morgan fingerprint density at radius 1 is 1.12 bits per heavy atom. The Labute approximate surface area is 154 Å². The van der Waals surface area contributed by atoms with Crippen LogP contribution in [0.25, 0.3) is 22.4 Å². The summed E-state index contributed by atoms with van der Waals surface area (Å²) in [7, 11) is 0. The highest BCUT2D eigenvalue weighted by atomic mass is 35.5. The van der Waals surface area contributed by atoms with Gasteiger partial charge in [-0.15, -0.1) is 10.2 Å². The zero-order valence-electron chi connectivity index (χ0n) is 12.4. The maximum atomic E-state index is 14.0. The van der Waals surface area contributed by atoms with Crippen LogP contribution in [0.3, 0.4) is 0 Å². The quantitative estimate of drug-likeness (QED) is 0.521. The van der Waals surface area contributed by atoms with Crippen LogP contribution in [-0.2, 0) is 0 Å². The van der Waals surface area contributed by atoms with Crippen molar-refractivity contribution in [2.24, 2.45) is 0 Å². The van der Waals surface area contributed by atoms with Gasteiger partial charge in [0.1, 0.15) is 5.82 Å². The summed E-state index contributed by atoms with van der Waals surface area (Å²) in [6.45, 7) is 0. The van der Waals surface area contributed by atoms with Crippen LogP contribution < -0.4 is 10.1 Å². The number of hydrogen-bond acceptors (Lipinski definition) is 4. The zero-order valence-corrected chi connectivity index (χ0v) is 14.7. The van der Waals surface area contributed by atoms with Gasteiger partial charge in [-0.2, -0.15) is 0 Å². The first-order chi connectivity index (χ1) is 12.0. The van der Waals surface area contributed by atoms with Gasteiger partial charge in [-0.05, 0) is 30.3 Å². The van der Waals surface area contributed by atoms with Crippen molar-refractivity contribution in [2.45, 2.75) is 0 Å². The monoisotopic (exact) mass is 391 g/mol. The Morgan fingerprint density at radius 2 is 1.92 bits per heavy atom. The molecule has 0 unspecified atom stereocenters. The number of nitrogens with zero attached hydrogens (tertiary/aromatic N) is 3. The van der Waals surface area contributed by atoms with Crippen molar-refractivity contribution in [1.29, 1.82) is 0 Å². The van der Waals surface area contributed by atoms with Crippen LogP contribution in [0, 0.1) is 5.82 Å². The van der Waals surface area contributed by atoms with E-state index in [1.165, 1.54) is 22.6 Å². The largest absolute Gasteiger partial charge is 0.276 e. The summed E-state index contributed by atoms with van der Waals surface area (Å²) in [5, 5.41) is 8.86. The van der Waals surface area contributed by atoms with Gasteiger partial charge >= 0.3 is 0 Å². The van der Waals surface area contributed by atoms with E-state index in [0.717, 1.165) is 11.3 Å². The van der Waals surface area contributed by atoms with Gasteiger partial charge < -0.3 is 0 Å². The Hall–Kier alpha value is -2.28. The molecular formula is C17H8Cl2FN3OS. The van der Waals surface area contributed by atoms with Gasteiger partial charge in [-0.3, -0.25) is 4.79 Å². The lowest BCUT2D eigenvalue weighted by molar-refractivity contribution is 0.625. The minimum Gasteiger partial charge on any atom is -0.267 e. The van der Waals surface area contributed by atoms with E-state index in [2.05, 4.69) is 10.2 Å². The zero-order chi connectivity index (χ0) is 17.6. The van der Waals surface area contributed by atoms with Crippen molar-refractivity contribution in [3.8, 4) is 11.4 Å². The molecule has 0 aliphatic heterocycles. The predicted molar refractivity (Wildman–Crippen MR) is 97.8 cm³/mol. The van der Waals surface area contributed by atoms with E-state index in [-0.39, 0.29) is 16.1 Å². The van der Waals surface area contributed by atoms with Gasteiger partial charge in [0.05, 0.1) is 9.55 Å². The molecule has 8 heteroatoms. The second kappa shape index (κ2) is 6.22. The molecule has 4 rings (SSSR count). The molecule has 0 saturated heterocycles. The third-order valence-electron chi connectivity index (χ3n) is 3.61. The summed E-state index contributed by atoms with van der Waals surface area (Å²) in [6.07, 6.45) is 1.43. The molecule has 0 radical (unpaired) electrons. The molecule has 4 aromatic rings. The lowest BCUT2D eigenvalue weighted by Crippen LogP contribution is -2.23. The summed E-state index contributed by atoms with van der Waals surface area (Å²) < 4.78 is 15.7. The van der Waals surface area contributed by atoms with E-state index in [9.17, 15) is 9.18 Å². The maximum absolute atomic E-state index is 14.0. The van der Waals surface area contributed by atoms with Gasteiger partial charge in [0.25, 0.3) is 5.56 Å². The second-order valence-electron chi connectivity index (χ2n) is 5.20. The minimum absolute atomic E-state index is 0.169. The number of fused-ring (bicyclic) bond motifs is 1. The van der Waals surface area contributed by atoms with Gasteiger partial charge in [-0.25, -0.2) is 8.79 Å². The van der Waals surface area contributed by atoms with Gasteiger partial charge in [0, 0.05) is 16.1 Å². The first kappa shape index (κ1) is 16.2. The van der Waals surface area contributed by atoms with E-state index in [4.69, 9.17) is 23.2 Å². The summed E-state index contributed by atoms with van der Waals surface area (Å²) in [5.41, 5.74) is 0.507. The number of halogens is 3. The van der Waals surface area contributed by atoms with E-state index < -0.39 is 5.82 Å². The molecule has 4 nitrogen and oxygen atoms in total. The highest BCUT2D eigenvalue weighted by Crippen LogP contribution is 2.22. The molecule has 2 aromatic carbocycles. The highest BCUT2D eigenvalue weighted by Gasteiger charge is 2.15. The summed E-state index contributed by atoms with van der Waals surface area (Å²) >= 11 is 13.2. The van der Waals surface area contributed by atoms with E-state index >= 15 is 0 Å². The molecule has 2 heterocycles. The summed E-state index contributed by atoms with van der Waals surface area (Å²) in [4.78, 5) is 13.2. The fourth-order valence-corrected chi connectivity index (χ4v) is 3.76. The van der Waals surface area contributed by atoms with Gasteiger partial charge in [0.2, 0.25) is 4.96 Å². The van der Waals surface area contributed by atoms with Crippen LogP contribution in [0.1, 0.15) is 5.56 Å². The van der Waals surface area contributed by atoms with Crippen molar-refractivity contribution < 1.29 is 4.39 Å². The van der Waals surface area contributed by atoms with Crippen LogP contribution in [0.5, 0.6) is 0 Å². The van der Waals surface area contributed by atoms with E-state index in [1.54, 1.807) is 30.3 Å². The molecule has 0 amide bonds. The Balaban J connectivity index is 1.96. The lowest BCUT2D eigenvalue weighted by atomic mass is 10.2. The number of thiazole rings is 1. The molecule has 0 fully saturated rings. The van der Waals surface area contributed by atoms with Crippen molar-refractivity contribution in [3.63, 3.8) is 0 Å². The average molecular weight is 392 g/mol. The number of aromatic nitrogens is 3. The molecule has 0 aliphatic carbocycles. The van der Waals surface area contributed by atoms with Crippen molar-refractivity contribution in [2.75, 3.05) is 0 Å². The molecule has 0 atom stereocenters. The highest BCUT2D eigenvalue weighted by molar-refractivity contribution is 7.15. The van der Waals surface area contributed by atoms with Crippen molar-refractivity contribution >= 4 is 45.6 Å². The van der Waals surface area contributed by atoms with Crippen LogP contribution in [0.4, 0.5) is 4.39 Å². The molecule has 0 bridgehead atoms. The molecule has 0 spiro atoms. The second-order valence-corrected chi connectivity index (χ2v) is 7.06. The van der Waals surface area contributed by atoms with Gasteiger partial charge in [-0.1, -0.05) is 52.7 Å². The molecular weight excluding hydrogens is 384 g/mol. The normalized spacial score (nSPS) is 12.2. The Kier molecular flexibility index (Phi) is 4.03. The number of benzene rings is 2. The number of hydrogen-bond donors (Lipinski definition) is 0.